The Balaban J connectivity index is 1.94. The number of carbonyl (C=O) groups excluding carboxylic acids is 1. The first kappa shape index (κ1) is 15.7. The van der Waals surface area contributed by atoms with E-state index in [1.807, 2.05) is 48.5 Å². The second-order valence-electron chi connectivity index (χ2n) is 4.15. The van der Waals surface area contributed by atoms with Gasteiger partial charge in [0.25, 0.3) is 5.91 Å². The fraction of sp³-hybridized carbons (Fsp3) is 0. The number of rotatable bonds is 4. The van der Waals surface area contributed by atoms with Gasteiger partial charge in [-0.2, -0.15) is 5.10 Å². The monoisotopic (exact) mass is 406 g/mol. The standard InChI is InChI=1S/C16H12Br2N2O/c17-14-8-6-13(7-9-14)16(21)20-19-11-15(18)10-12-4-2-1-3-5-12/h1-11H,(H,20,21)/b15-10-,19-11-. The zero-order valence-corrected chi connectivity index (χ0v) is 14.1. The van der Waals surface area contributed by atoms with Crippen LogP contribution >= 0.6 is 31.9 Å². The molecule has 0 saturated carbocycles. The molecule has 0 aromatic heterocycles. The molecule has 0 atom stereocenters. The largest absolute Gasteiger partial charge is 0.271 e. The molecule has 106 valence electrons. The summed E-state index contributed by atoms with van der Waals surface area (Å²) >= 11 is 6.71. The number of benzene rings is 2. The number of hydrazone groups is 1. The molecular formula is C16H12Br2N2O. The summed E-state index contributed by atoms with van der Waals surface area (Å²) in [5, 5.41) is 3.91. The Hall–Kier alpha value is -1.72. The van der Waals surface area contributed by atoms with E-state index in [-0.39, 0.29) is 5.91 Å². The van der Waals surface area contributed by atoms with Crippen molar-refractivity contribution in [2.24, 2.45) is 5.10 Å². The normalized spacial score (nSPS) is 11.6. The molecular weight excluding hydrogens is 396 g/mol. The minimum absolute atomic E-state index is 0.251. The van der Waals surface area contributed by atoms with Gasteiger partial charge >= 0.3 is 0 Å². The maximum atomic E-state index is 11.8. The van der Waals surface area contributed by atoms with Crippen LogP contribution in [-0.2, 0) is 0 Å². The van der Waals surface area contributed by atoms with Gasteiger partial charge < -0.3 is 0 Å². The van der Waals surface area contributed by atoms with Crippen LogP contribution in [0.2, 0.25) is 0 Å². The molecule has 0 aliphatic heterocycles. The van der Waals surface area contributed by atoms with Crippen LogP contribution in [0.4, 0.5) is 0 Å². The van der Waals surface area contributed by atoms with Crippen LogP contribution in [-0.4, -0.2) is 12.1 Å². The highest BCUT2D eigenvalue weighted by atomic mass is 79.9. The predicted octanol–water partition coefficient (Wildman–Crippen LogP) is 4.60. The number of allylic oxidation sites excluding steroid dienone is 1. The topological polar surface area (TPSA) is 41.5 Å². The molecule has 1 N–H and O–H groups in total. The lowest BCUT2D eigenvalue weighted by molar-refractivity contribution is 0.0955. The molecule has 2 rings (SSSR count). The van der Waals surface area contributed by atoms with Gasteiger partial charge in [-0.25, -0.2) is 5.43 Å². The molecule has 0 spiro atoms. The minimum Gasteiger partial charge on any atom is -0.267 e. The second-order valence-corrected chi connectivity index (χ2v) is 5.98. The van der Waals surface area contributed by atoms with E-state index < -0.39 is 0 Å². The molecule has 0 unspecified atom stereocenters. The Labute approximate surface area is 140 Å². The van der Waals surface area contributed by atoms with Crippen molar-refractivity contribution in [3.05, 3.63) is 74.7 Å². The van der Waals surface area contributed by atoms with E-state index in [4.69, 9.17) is 0 Å². The Morgan fingerprint density at radius 1 is 1.05 bits per heavy atom. The van der Waals surface area contributed by atoms with Crippen LogP contribution in [0.1, 0.15) is 15.9 Å². The van der Waals surface area contributed by atoms with E-state index in [0.29, 0.717) is 5.56 Å². The van der Waals surface area contributed by atoms with Gasteiger partial charge in [-0.1, -0.05) is 46.3 Å². The zero-order valence-electron chi connectivity index (χ0n) is 11.0. The van der Waals surface area contributed by atoms with E-state index in [9.17, 15) is 4.79 Å². The van der Waals surface area contributed by atoms with E-state index in [1.54, 1.807) is 18.3 Å². The lowest BCUT2D eigenvalue weighted by Gasteiger charge is -1.99. The van der Waals surface area contributed by atoms with Crippen molar-refractivity contribution >= 4 is 50.1 Å². The Bertz CT molecular complexity index is 664. The first-order valence-electron chi connectivity index (χ1n) is 6.16. The molecule has 3 nitrogen and oxygen atoms in total. The van der Waals surface area contributed by atoms with Crippen molar-refractivity contribution in [1.82, 2.24) is 5.43 Å². The summed E-state index contributed by atoms with van der Waals surface area (Å²) in [5.41, 5.74) is 4.08. The molecule has 0 fully saturated rings. The van der Waals surface area contributed by atoms with Gasteiger partial charge in [0.05, 0.1) is 6.21 Å². The van der Waals surface area contributed by atoms with Gasteiger partial charge in [-0.05, 0) is 51.8 Å². The summed E-state index contributed by atoms with van der Waals surface area (Å²) < 4.78 is 1.70. The van der Waals surface area contributed by atoms with Crippen LogP contribution in [0.5, 0.6) is 0 Å². The molecule has 0 aliphatic rings. The summed E-state index contributed by atoms with van der Waals surface area (Å²) in [6, 6.07) is 16.9. The molecule has 0 radical (unpaired) electrons. The lowest BCUT2D eigenvalue weighted by atomic mass is 10.2. The number of nitrogens with one attached hydrogen (secondary N) is 1. The van der Waals surface area contributed by atoms with E-state index in [0.717, 1.165) is 14.5 Å². The number of hydrogen-bond acceptors (Lipinski definition) is 2. The van der Waals surface area contributed by atoms with Gasteiger partial charge in [0.15, 0.2) is 0 Å². The Morgan fingerprint density at radius 2 is 1.71 bits per heavy atom. The van der Waals surface area contributed by atoms with E-state index in [2.05, 4.69) is 42.4 Å². The third-order valence-corrected chi connectivity index (χ3v) is 3.53. The molecule has 21 heavy (non-hydrogen) atoms. The fourth-order valence-electron chi connectivity index (χ4n) is 1.56. The molecule has 2 aromatic carbocycles. The zero-order chi connectivity index (χ0) is 15.1. The minimum atomic E-state index is -0.251. The van der Waals surface area contributed by atoms with Crippen molar-refractivity contribution in [3.8, 4) is 0 Å². The van der Waals surface area contributed by atoms with Gasteiger partial charge in [-0.3, -0.25) is 4.79 Å². The molecule has 0 saturated heterocycles. The highest BCUT2D eigenvalue weighted by Gasteiger charge is 2.02. The first-order valence-corrected chi connectivity index (χ1v) is 7.75. The van der Waals surface area contributed by atoms with Gasteiger partial charge in [0.2, 0.25) is 0 Å². The van der Waals surface area contributed by atoms with Gasteiger partial charge in [0, 0.05) is 14.5 Å². The van der Waals surface area contributed by atoms with Crippen LogP contribution in [0, 0.1) is 0 Å². The number of hydrogen-bond donors (Lipinski definition) is 1. The fourth-order valence-corrected chi connectivity index (χ4v) is 2.20. The molecule has 1 amide bonds. The SMILES string of the molecule is O=C(N/N=C\C(Br)=C\c1ccccc1)c1ccc(Br)cc1. The highest BCUT2D eigenvalue weighted by Crippen LogP contribution is 2.11. The Morgan fingerprint density at radius 3 is 2.38 bits per heavy atom. The maximum absolute atomic E-state index is 11.8. The maximum Gasteiger partial charge on any atom is 0.271 e. The summed E-state index contributed by atoms with van der Waals surface area (Å²) in [6.07, 6.45) is 3.46. The van der Waals surface area contributed by atoms with Crippen molar-refractivity contribution < 1.29 is 4.79 Å². The number of carbonyl (C=O) groups is 1. The molecule has 0 bridgehead atoms. The highest BCUT2D eigenvalue weighted by molar-refractivity contribution is 9.12. The van der Waals surface area contributed by atoms with Crippen LogP contribution in [0.3, 0.4) is 0 Å². The summed E-state index contributed by atoms with van der Waals surface area (Å²) in [6.45, 7) is 0. The first-order chi connectivity index (χ1) is 10.1. The smallest absolute Gasteiger partial charge is 0.267 e. The predicted molar refractivity (Wildman–Crippen MR) is 93.4 cm³/mol. The van der Waals surface area contributed by atoms with Crippen molar-refractivity contribution in [2.75, 3.05) is 0 Å². The summed E-state index contributed by atoms with van der Waals surface area (Å²) in [7, 11) is 0. The lowest BCUT2D eigenvalue weighted by Crippen LogP contribution is -2.17. The van der Waals surface area contributed by atoms with E-state index >= 15 is 0 Å². The summed E-state index contributed by atoms with van der Waals surface area (Å²) in [5.74, 6) is -0.251. The van der Waals surface area contributed by atoms with E-state index in [1.165, 1.54) is 0 Å². The average molecular weight is 408 g/mol. The molecule has 0 heterocycles. The molecule has 5 heteroatoms. The molecule has 0 aliphatic carbocycles. The van der Waals surface area contributed by atoms with Crippen LogP contribution < -0.4 is 5.43 Å². The number of halogens is 2. The Kier molecular flexibility index (Phi) is 5.90. The summed E-state index contributed by atoms with van der Waals surface area (Å²) in [4.78, 5) is 11.8. The van der Waals surface area contributed by atoms with Crippen LogP contribution in [0.15, 0.2) is 68.7 Å². The van der Waals surface area contributed by atoms with Crippen molar-refractivity contribution in [2.45, 2.75) is 0 Å². The number of nitrogens with zero attached hydrogens (tertiary/aromatic N) is 1. The van der Waals surface area contributed by atoms with Crippen molar-refractivity contribution in [3.63, 3.8) is 0 Å². The third kappa shape index (κ3) is 5.28. The van der Waals surface area contributed by atoms with Crippen LogP contribution in [0.25, 0.3) is 6.08 Å². The second kappa shape index (κ2) is 7.90. The van der Waals surface area contributed by atoms with Gasteiger partial charge in [-0.15, -0.1) is 0 Å². The number of amides is 1. The van der Waals surface area contributed by atoms with Gasteiger partial charge in [0.1, 0.15) is 0 Å². The molecule has 2 aromatic rings. The average Bonchev–Trinajstić information content (AvgIpc) is 2.49. The van der Waals surface area contributed by atoms with Crippen molar-refractivity contribution in [1.29, 1.82) is 0 Å². The quantitative estimate of drug-likeness (QED) is 0.583. The third-order valence-electron chi connectivity index (χ3n) is 2.56.